The van der Waals surface area contributed by atoms with E-state index in [-0.39, 0.29) is 24.3 Å². The van der Waals surface area contributed by atoms with Gasteiger partial charge in [-0.25, -0.2) is 4.98 Å². The molecule has 8 nitrogen and oxygen atoms in total. The molecule has 0 aliphatic rings. The van der Waals surface area contributed by atoms with Gasteiger partial charge in [0.15, 0.2) is 11.7 Å². The molecule has 1 N–H and O–H groups in total. The minimum absolute atomic E-state index is 0. The van der Waals surface area contributed by atoms with Crippen LogP contribution in [0.25, 0.3) is 11.3 Å². The van der Waals surface area contributed by atoms with Gasteiger partial charge in [0.25, 0.3) is 5.91 Å². The van der Waals surface area contributed by atoms with Crippen molar-refractivity contribution in [3.63, 3.8) is 0 Å². The molecule has 190 valence electrons. The van der Waals surface area contributed by atoms with E-state index in [1.807, 2.05) is 13.0 Å². The molecular formula is C25H26F3N5O3. The Labute approximate surface area is 207 Å². The number of rotatable bonds is 8. The van der Waals surface area contributed by atoms with Crippen LogP contribution in [0.5, 0.6) is 11.5 Å². The summed E-state index contributed by atoms with van der Waals surface area (Å²) in [6.07, 6.45) is 5.83. The highest BCUT2D eigenvalue weighted by Gasteiger charge is 2.32. The number of amides is 1. The minimum atomic E-state index is -4.92. The number of carbonyl (C=O) groups excluding carboxylic acids is 1. The number of halogens is 3. The number of allylic oxidation sites excluding steroid dienone is 3. The number of pyridine rings is 1. The molecule has 0 atom stereocenters. The van der Waals surface area contributed by atoms with E-state index in [0.717, 1.165) is 11.6 Å². The fraction of sp³-hybridized carbons (Fsp3) is 0.200. The Morgan fingerprint density at radius 2 is 1.92 bits per heavy atom. The molecule has 11 heteroatoms. The van der Waals surface area contributed by atoms with Crippen molar-refractivity contribution in [2.75, 3.05) is 19.4 Å². The van der Waals surface area contributed by atoms with Gasteiger partial charge in [0.05, 0.1) is 23.7 Å². The van der Waals surface area contributed by atoms with E-state index in [2.05, 4.69) is 25.0 Å². The molecule has 2 heterocycles. The number of nitrogens with one attached hydrogen (secondary N) is 1. The van der Waals surface area contributed by atoms with Gasteiger partial charge in [-0.2, -0.15) is 0 Å². The first kappa shape index (κ1) is 26.2. The number of carbonyl (C=O) groups is 1. The van der Waals surface area contributed by atoms with Crippen LogP contribution in [0.4, 0.5) is 19.0 Å². The summed E-state index contributed by atoms with van der Waals surface area (Å²) in [6.45, 7) is 3.60. The molecule has 2 aromatic heterocycles. The zero-order chi connectivity index (χ0) is 26.3. The monoisotopic (exact) mass is 501 g/mol. The van der Waals surface area contributed by atoms with Crippen molar-refractivity contribution in [1.82, 2.24) is 19.9 Å². The number of ether oxygens (including phenoxy) is 2. The molecular weight excluding hydrogens is 475 g/mol. The molecule has 0 radical (unpaired) electrons. The van der Waals surface area contributed by atoms with E-state index >= 15 is 0 Å². The molecule has 0 bridgehead atoms. The second-order valence-electron chi connectivity index (χ2n) is 7.66. The molecule has 0 saturated heterocycles. The predicted molar refractivity (Wildman–Crippen MR) is 130 cm³/mol. The maximum Gasteiger partial charge on any atom is 0.573 e. The molecule has 0 unspecified atom stereocenters. The van der Waals surface area contributed by atoms with Gasteiger partial charge in [-0.15, -0.1) is 13.2 Å². The lowest BCUT2D eigenvalue weighted by atomic mass is 10.1. The average Bonchev–Trinajstić information content (AvgIpc) is 2.82. The van der Waals surface area contributed by atoms with E-state index < -0.39 is 18.0 Å². The van der Waals surface area contributed by atoms with Gasteiger partial charge in [-0.05, 0) is 49.8 Å². The van der Waals surface area contributed by atoms with Crippen LogP contribution in [0.2, 0.25) is 0 Å². The Morgan fingerprint density at radius 3 is 2.53 bits per heavy atom. The summed E-state index contributed by atoms with van der Waals surface area (Å²) in [5, 5.41) is 2.59. The van der Waals surface area contributed by atoms with Crippen LogP contribution < -0.4 is 14.8 Å². The van der Waals surface area contributed by atoms with Crippen molar-refractivity contribution in [3.8, 4) is 22.8 Å². The molecule has 0 saturated carbocycles. The third-order valence-corrected chi connectivity index (χ3v) is 4.72. The number of aryl methyl sites for hydroxylation is 1. The lowest BCUT2D eigenvalue weighted by molar-refractivity contribution is -0.274. The topological polar surface area (TPSA) is 89.5 Å². The Morgan fingerprint density at radius 1 is 1.14 bits per heavy atom. The predicted octanol–water partition coefficient (Wildman–Crippen LogP) is 5.60. The minimum Gasteiger partial charge on any atom is -0.441 e. The van der Waals surface area contributed by atoms with Crippen molar-refractivity contribution >= 4 is 11.7 Å². The highest BCUT2D eigenvalue weighted by molar-refractivity contribution is 6.04. The number of aromatic nitrogens is 3. The van der Waals surface area contributed by atoms with Crippen LogP contribution in [0.15, 0.2) is 73.2 Å². The van der Waals surface area contributed by atoms with Crippen molar-refractivity contribution in [2.24, 2.45) is 0 Å². The number of alkyl halides is 3. The van der Waals surface area contributed by atoms with Crippen LogP contribution in [0.1, 0.15) is 24.3 Å². The zero-order valence-electron chi connectivity index (χ0n) is 20.0. The Balaban J connectivity index is 0.00000481. The van der Waals surface area contributed by atoms with Crippen LogP contribution >= 0.6 is 0 Å². The van der Waals surface area contributed by atoms with Crippen LogP contribution in [-0.4, -0.2) is 46.2 Å². The number of benzene rings is 1. The lowest BCUT2D eigenvalue weighted by Gasteiger charge is -2.19. The molecule has 0 aliphatic carbocycles. The van der Waals surface area contributed by atoms with Gasteiger partial charge in [0.1, 0.15) is 11.5 Å². The van der Waals surface area contributed by atoms with Crippen LogP contribution in [0, 0.1) is 6.92 Å². The number of hydrogen-bond donors (Lipinski definition) is 1. The maximum atomic E-state index is 13.0. The first-order chi connectivity index (χ1) is 17.1. The molecule has 0 aliphatic heterocycles. The SMILES string of the molecule is C/C=C\C=C(\Oc1ccc(OC(F)(F)F)c(-c2cnc(NC(=O)c3cnccc3C)cn2)c1)N(C)C.[HH]. The van der Waals surface area contributed by atoms with Gasteiger partial charge in [0, 0.05) is 33.5 Å². The van der Waals surface area contributed by atoms with Crippen molar-refractivity contribution < 1.29 is 28.9 Å². The van der Waals surface area contributed by atoms with Gasteiger partial charge < -0.3 is 19.7 Å². The fourth-order valence-corrected chi connectivity index (χ4v) is 2.98. The third kappa shape index (κ3) is 7.05. The van der Waals surface area contributed by atoms with Crippen molar-refractivity contribution in [2.45, 2.75) is 20.2 Å². The van der Waals surface area contributed by atoms with E-state index in [1.165, 1.54) is 30.7 Å². The van der Waals surface area contributed by atoms with E-state index in [1.54, 1.807) is 50.3 Å². The molecule has 3 aromatic rings. The number of nitrogens with zero attached hydrogens (tertiary/aromatic N) is 4. The molecule has 1 amide bonds. The van der Waals surface area contributed by atoms with E-state index in [0.29, 0.717) is 11.4 Å². The zero-order valence-corrected chi connectivity index (χ0v) is 20.0. The quantitative estimate of drug-likeness (QED) is 0.317. The second kappa shape index (κ2) is 11.3. The molecule has 0 spiro atoms. The third-order valence-electron chi connectivity index (χ3n) is 4.72. The fourth-order valence-electron chi connectivity index (χ4n) is 2.98. The van der Waals surface area contributed by atoms with Crippen molar-refractivity contribution in [3.05, 3.63) is 84.3 Å². The standard InChI is InChI=1S/C25H24F3N5O3.H2/c1-5-6-7-23(33(3)4)35-17-8-9-21(36-25(26,27)28)18(12-17)20-14-31-22(15-30-20)32-24(34)19-13-29-11-10-16(19)2;/h5-15H,1-4H3,(H,31,32,34);1H/b6-5-,23-7+;. The van der Waals surface area contributed by atoms with E-state index in [4.69, 9.17) is 4.74 Å². The van der Waals surface area contributed by atoms with Crippen molar-refractivity contribution in [1.29, 1.82) is 0 Å². The molecule has 0 fully saturated rings. The van der Waals surface area contributed by atoms with Gasteiger partial charge in [-0.3, -0.25) is 14.8 Å². The van der Waals surface area contributed by atoms with Gasteiger partial charge in [0.2, 0.25) is 0 Å². The first-order valence-corrected chi connectivity index (χ1v) is 10.7. The smallest absolute Gasteiger partial charge is 0.441 e. The highest BCUT2D eigenvalue weighted by Crippen LogP contribution is 2.36. The molecule has 1 aromatic carbocycles. The van der Waals surface area contributed by atoms with Gasteiger partial charge in [-0.1, -0.05) is 12.2 Å². The first-order valence-electron chi connectivity index (χ1n) is 10.7. The Hall–Kier alpha value is -4.41. The van der Waals surface area contributed by atoms with Crippen LogP contribution in [0.3, 0.4) is 0 Å². The highest BCUT2D eigenvalue weighted by atomic mass is 19.4. The Kier molecular flexibility index (Phi) is 8.26. The summed E-state index contributed by atoms with van der Waals surface area (Å²) in [4.78, 5) is 26.4. The summed E-state index contributed by atoms with van der Waals surface area (Å²) in [5.74, 6) is -0.0884. The number of anilines is 1. The summed E-state index contributed by atoms with van der Waals surface area (Å²) in [7, 11) is 3.53. The maximum absolute atomic E-state index is 13.0. The normalized spacial score (nSPS) is 11.9. The summed E-state index contributed by atoms with van der Waals surface area (Å²) >= 11 is 0. The molecule has 3 rings (SSSR count). The molecule has 36 heavy (non-hydrogen) atoms. The van der Waals surface area contributed by atoms with Gasteiger partial charge >= 0.3 is 6.36 Å². The van der Waals surface area contributed by atoms with Crippen LogP contribution in [-0.2, 0) is 0 Å². The second-order valence-corrected chi connectivity index (χ2v) is 7.66. The summed E-state index contributed by atoms with van der Waals surface area (Å²) in [5.41, 5.74) is 1.16. The Bertz CT molecular complexity index is 1280. The number of hydrogen-bond acceptors (Lipinski definition) is 7. The van der Waals surface area contributed by atoms with E-state index in [9.17, 15) is 18.0 Å². The average molecular weight is 502 g/mol. The largest absolute Gasteiger partial charge is 0.573 e. The summed E-state index contributed by atoms with van der Waals surface area (Å²) in [6, 6.07) is 5.56. The lowest BCUT2D eigenvalue weighted by Crippen LogP contribution is -2.18. The summed E-state index contributed by atoms with van der Waals surface area (Å²) < 4.78 is 49.1.